The van der Waals surface area contributed by atoms with Gasteiger partial charge in [-0.25, -0.2) is 0 Å². The summed E-state index contributed by atoms with van der Waals surface area (Å²) in [5.41, 5.74) is 5.44. The molecule has 1 aromatic rings. The molecule has 0 aliphatic carbocycles. The first-order valence-electron chi connectivity index (χ1n) is 3.35. The third kappa shape index (κ3) is 2.10. The molecule has 6 nitrogen and oxygen atoms in total. The molecule has 0 saturated heterocycles. The summed E-state index contributed by atoms with van der Waals surface area (Å²) in [5.74, 6) is 0.464. The van der Waals surface area contributed by atoms with Gasteiger partial charge in [0.15, 0.2) is 5.16 Å². The van der Waals surface area contributed by atoms with Crippen LogP contribution >= 0.6 is 11.8 Å². The van der Waals surface area contributed by atoms with E-state index in [1.54, 1.807) is 0 Å². The van der Waals surface area contributed by atoms with Crippen LogP contribution in [0.4, 0.5) is 5.95 Å². The van der Waals surface area contributed by atoms with E-state index >= 15 is 0 Å². The lowest BCUT2D eigenvalue weighted by Crippen LogP contribution is -2.03. The van der Waals surface area contributed by atoms with Crippen molar-refractivity contribution in [2.45, 2.75) is 11.7 Å². The number of nitrogens with zero attached hydrogens (tertiary/aromatic N) is 5. The average molecular weight is 194 g/mol. The Morgan fingerprint density at radius 2 is 2.15 bits per heavy atom. The fourth-order valence-corrected chi connectivity index (χ4v) is 1.33. The molecule has 7 heteroatoms. The lowest BCUT2D eigenvalue weighted by Gasteiger charge is -1.99. The molecule has 0 aliphatic heterocycles. The Hall–Kier alpha value is -1.73. The van der Waals surface area contributed by atoms with Gasteiger partial charge in [-0.2, -0.15) is 10.5 Å². The molecule has 1 heterocycles. The van der Waals surface area contributed by atoms with Gasteiger partial charge < -0.3 is 5.73 Å². The molecule has 1 aromatic heterocycles. The van der Waals surface area contributed by atoms with E-state index in [1.807, 2.05) is 12.1 Å². The fraction of sp³-hybridized carbons (Fsp3) is 0.333. The number of nitrogen functional groups attached to an aromatic ring is 1. The minimum Gasteiger partial charge on any atom is -0.368 e. The van der Waals surface area contributed by atoms with Gasteiger partial charge in [0.05, 0.1) is 17.9 Å². The maximum atomic E-state index is 8.46. The van der Waals surface area contributed by atoms with Crippen LogP contribution in [-0.4, -0.2) is 20.5 Å². The lowest BCUT2D eigenvalue weighted by atomic mass is 10.7. The highest BCUT2D eigenvalue weighted by molar-refractivity contribution is 7.99. The van der Waals surface area contributed by atoms with E-state index in [2.05, 4.69) is 10.2 Å². The van der Waals surface area contributed by atoms with Crippen molar-refractivity contribution in [3.63, 3.8) is 0 Å². The Bertz CT molecular complexity index is 369. The van der Waals surface area contributed by atoms with Crippen LogP contribution in [0.5, 0.6) is 0 Å². The minimum atomic E-state index is 0.104. The number of nitrogens with two attached hydrogens (primary N) is 1. The van der Waals surface area contributed by atoms with E-state index in [4.69, 9.17) is 16.3 Å². The van der Waals surface area contributed by atoms with Gasteiger partial charge in [0.1, 0.15) is 6.54 Å². The van der Waals surface area contributed by atoms with E-state index < -0.39 is 0 Å². The van der Waals surface area contributed by atoms with Gasteiger partial charge in [-0.15, -0.1) is 10.2 Å². The van der Waals surface area contributed by atoms with Crippen LogP contribution in [0.15, 0.2) is 5.16 Å². The monoisotopic (exact) mass is 194 g/mol. The lowest BCUT2D eigenvalue weighted by molar-refractivity contribution is 0.741. The molecule has 66 valence electrons. The van der Waals surface area contributed by atoms with E-state index in [0.717, 1.165) is 0 Å². The molecule has 0 unspecified atom stereocenters. The predicted molar refractivity (Wildman–Crippen MR) is 46.4 cm³/mol. The summed E-state index contributed by atoms with van der Waals surface area (Å²) < 4.78 is 1.46. The molecule has 0 amide bonds. The van der Waals surface area contributed by atoms with Crippen LogP contribution in [0.25, 0.3) is 0 Å². The number of anilines is 1. The molecular weight excluding hydrogens is 188 g/mol. The van der Waals surface area contributed by atoms with Crippen LogP contribution in [0.3, 0.4) is 0 Å². The van der Waals surface area contributed by atoms with Crippen LogP contribution < -0.4 is 5.73 Å². The molecule has 0 fully saturated rings. The van der Waals surface area contributed by atoms with E-state index in [-0.39, 0.29) is 18.2 Å². The number of rotatable bonds is 3. The second-order valence-electron chi connectivity index (χ2n) is 2.03. The summed E-state index contributed by atoms with van der Waals surface area (Å²) in [6, 6.07) is 3.89. The Kier molecular flexibility index (Phi) is 3.12. The van der Waals surface area contributed by atoms with Gasteiger partial charge in [0.25, 0.3) is 0 Å². The summed E-state index contributed by atoms with van der Waals surface area (Å²) in [6.45, 7) is 0.104. The van der Waals surface area contributed by atoms with Gasteiger partial charge in [-0.1, -0.05) is 11.8 Å². The molecule has 2 N–H and O–H groups in total. The number of hydrogen-bond donors (Lipinski definition) is 1. The number of aromatic nitrogens is 3. The van der Waals surface area contributed by atoms with Gasteiger partial charge in [0, 0.05) is 0 Å². The van der Waals surface area contributed by atoms with Crippen molar-refractivity contribution in [2.24, 2.45) is 0 Å². The van der Waals surface area contributed by atoms with Crippen molar-refractivity contribution in [3.05, 3.63) is 0 Å². The summed E-state index contributed by atoms with van der Waals surface area (Å²) in [7, 11) is 0. The molecule has 0 saturated carbocycles. The van der Waals surface area contributed by atoms with Crippen LogP contribution in [0.2, 0.25) is 0 Å². The molecular formula is C6H6N6S. The number of nitriles is 2. The summed E-state index contributed by atoms with van der Waals surface area (Å²) in [4.78, 5) is 0. The van der Waals surface area contributed by atoms with Crippen LogP contribution in [-0.2, 0) is 6.54 Å². The summed E-state index contributed by atoms with van der Waals surface area (Å²) in [5, 5.41) is 24.6. The topological polar surface area (TPSA) is 104 Å². The largest absolute Gasteiger partial charge is 0.368 e. The predicted octanol–water partition coefficient (Wildman–Crippen LogP) is -0.000440. The third-order valence-electron chi connectivity index (χ3n) is 1.24. The normalized spacial score (nSPS) is 9.08. The molecule has 0 aromatic carbocycles. The molecule has 0 radical (unpaired) electrons. The standard InChI is InChI=1S/C6H6N6S/c7-1-3-12-5(9)10-11-6(12)13-4-2-8/h3-4H2,(H2,9,10). The zero-order valence-corrected chi connectivity index (χ0v) is 7.45. The summed E-state index contributed by atoms with van der Waals surface area (Å²) >= 11 is 1.20. The zero-order chi connectivity index (χ0) is 9.68. The minimum absolute atomic E-state index is 0.104. The van der Waals surface area contributed by atoms with Crippen molar-refractivity contribution < 1.29 is 0 Å². The first kappa shape index (κ1) is 9.36. The van der Waals surface area contributed by atoms with Gasteiger partial charge >= 0.3 is 0 Å². The Morgan fingerprint density at radius 3 is 2.77 bits per heavy atom. The van der Waals surface area contributed by atoms with Gasteiger partial charge in [0.2, 0.25) is 5.95 Å². The van der Waals surface area contributed by atoms with Crippen molar-refractivity contribution in [1.82, 2.24) is 14.8 Å². The smallest absolute Gasteiger partial charge is 0.223 e. The average Bonchev–Trinajstić information content (AvgIpc) is 2.46. The fourth-order valence-electron chi connectivity index (χ4n) is 0.723. The van der Waals surface area contributed by atoms with Gasteiger partial charge in [-0.05, 0) is 0 Å². The first-order valence-corrected chi connectivity index (χ1v) is 4.33. The maximum Gasteiger partial charge on any atom is 0.223 e. The van der Waals surface area contributed by atoms with E-state index in [0.29, 0.717) is 5.16 Å². The number of thioether (sulfide) groups is 1. The second-order valence-corrected chi connectivity index (χ2v) is 2.97. The number of hydrogen-bond acceptors (Lipinski definition) is 6. The third-order valence-corrected chi connectivity index (χ3v) is 2.07. The molecule has 0 atom stereocenters. The molecule has 13 heavy (non-hydrogen) atoms. The van der Waals surface area contributed by atoms with Crippen molar-refractivity contribution in [3.8, 4) is 12.1 Å². The first-order chi connectivity index (χ1) is 6.29. The van der Waals surface area contributed by atoms with Gasteiger partial charge in [-0.3, -0.25) is 4.57 Å². The van der Waals surface area contributed by atoms with Crippen molar-refractivity contribution in [1.29, 1.82) is 10.5 Å². The van der Waals surface area contributed by atoms with Crippen LogP contribution in [0, 0.1) is 22.7 Å². The maximum absolute atomic E-state index is 8.46. The van der Waals surface area contributed by atoms with Crippen molar-refractivity contribution in [2.75, 3.05) is 11.5 Å². The Morgan fingerprint density at radius 1 is 1.38 bits per heavy atom. The Labute approximate surface area is 79.0 Å². The molecule has 0 bridgehead atoms. The molecule has 0 aliphatic rings. The summed E-state index contributed by atoms with van der Waals surface area (Å²) in [6.07, 6.45) is 0. The van der Waals surface area contributed by atoms with E-state index in [9.17, 15) is 0 Å². The highest BCUT2D eigenvalue weighted by Gasteiger charge is 2.08. The Balaban J connectivity index is 2.83. The highest BCUT2D eigenvalue weighted by Crippen LogP contribution is 2.16. The van der Waals surface area contributed by atoms with E-state index in [1.165, 1.54) is 16.3 Å². The quantitative estimate of drug-likeness (QED) is 0.679. The van der Waals surface area contributed by atoms with Crippen molar-refractivity contribution >= 4 is 17.7 Å². The van der Waals surface area contributed by atoms with Crippen LogP contribution in [0.1, 0.15) is 0 Å². The molecule has 1 rings (SSSR count). The highest BCUT2D eigenvalue weighted by atomic mass is 32.2. The zero-order valence-electron chi connectivity index (χ0n) is 6.64. The SMILES string of the molecule is N#CCSc1nnc(N)n1CC#N. The molecule has 0 spiro atoms. The second kappa shape index (κ2) is 4.33.